The number of benzene rings is 1. The summed E-state index contributed by atoms with van der Waals surface area (Å²) >= 11 is 0. The maximum Gasteiger partial charge on any atom is 0.145 e. The van der Waals surface area contributed by atoms with Gasteiger partial charge in [0.05, 0.1) is 0 Å². The van der Waals surface area contributed by atoms with Crippen molar-refractivity contribution in [2.75, 3.05) is 10.3 Å². The number of hydrogen-bond acceptors (Lipinski definition) is 5. The van der Waals surface area contributed by atoms with E-state index in [0.29, 0.717) is 5.82 Å². The lowest BCUT2D eigenvalue weighted by molar-refractivity contribution is 0.544. The Kier molecular flexibility index (Phi) is 3.29. The van der Waals surface area contributed by atoms with E-state index in [2.05, 4.69) is 60.3 Å². The zero-order valence-corrected chi connectivity index (χ0v) is 12.7. The SMILES string of the molecule is CC(C)(C)c1nc(NN)cc(N2Cc3ccccc3C2)n1. The molecule has 1 aliphatic heterocycles. The molecule has 0 amide bonds. The highest BCUT2D eigenvalue weighted by Crippen LogP contribution is 2.29. The first-order chi connectivity index (χ1) is 9.97. The number of rotatable bonds is 2. The van der Waals surface area contributed by atoms with Gasteiger partial charge in [0.2, 0.25) is 0 Å². The van der Waals surface area contributed by atoms with E-state index >= 15 is 0 Å². The Morgan fingerprint density at radius 3 is 2.24 bits per heavy atom. The van der Waals surface area contributed by atoms with Crippen LogP contribution in [0.5, 0.6) is 0 Å². The molecule has 5 nitrogen and oxygen atoms in total. The van der Waals surface area contributed by atoms with Crippen molar-refractivity contribution in [3.63, 3.8) is 0 Å². The second kappa shape index (κ2) is 5.00. The van der Waals surface area contributed by atoms with Gasteiger partial charge in [0.1, 0.15) is 17.5 Å². The van der Waals surface area contributed by atoms with Crippen molar-refractivity contribution in [1.82, 2.24) is 9.97 Å². The Morgan fingerprint density at radius 1 is 1.10 bits per heavy atom. The topological polar surface area (TPSA) is 67.1 Å². The number of nitrogens with two attached hydrogens (primary N) is 1. The monoisotopic (exact) mass is 283 g/mol. The van der Waals surface area contributed by atoms with E-state index in [0.717, 1.165) is 24.7 Å². The standard InChI is InChI=1S/C16H21N5/c1-16(2,3)15-18-13(20-17)8-14(19-15)21-9-11-6-4-5-7-12(11)10-21/h4-8H,9-10,17H2,1-3H3,(H,18,19,20). The van der Waals surface area contributed by atoms with Crippen LogP contribution in [0.25, 0.3) is 0 Å². The number of nitrogen functional groups attached to an aromatic ring is 1. The minimum atomic E-state index is -0.117. The Labute approximate surface area is 125 Å². The highest BCUT2D eigenvalue weighted by atomic mass is 15.3. The van der Waals surface area contributed by atoms with Crippen molar-refractivity contribution in [2.24, 2.45) is 5.84 Å². The summed E-state index contributed by atoms with van der Waals surface area (Å²) in [7, 11) is 0. The van der Waals surface area contributed by atoms with Gasteiger partial charge < -0.3 is 10.3 Å². The normalized spacial score (nSPS) is 14.2. The van der Waals surface area contributed by atoms with Crippen LogP contribution in [0.3, 0.4) is 0 Å². The zero-order valence-electron chi connectivity index (χ0n) is 12.7. The van der Waals surface area contributed by atoms with E-state index < -0.39 is 0 Å². The highest BCUT2D eigenvalue weighted by Gasteiger charge is 2.24. The molecule has 3 rings (SSSR count). The van der Waals surface area contributed by atoms with Crippen molar-refractivity contribution < 1.29 is 0 Å². The van der Waals surface area contributed by atoms with E-state index in [9.17, 15) is 0 Å². The third-order valence-corrected chi connectivity index (χ3v) is 3.70. The summed E-state index contributed by atoms with van der Waals surface area (Å²) < 4.78 is 0. The number of fused-ring (bicyclic) bond motifs is 1. The Morgan fingerprint density at radius 2 is 1.71 bits per heavy atom. The molecule has 0 atom stereocenters. The zero-order chi connectivity index (χ0) is 15.0. The molecule has 0 saturated carbocycles. The van der Waals surface area contributed by atoms with E-state index in [-0.39, 0.29) is 5.41 Å². The van der Waals surface area contributed by atoms with E-state index in [1.54, 1.807) is 0 Å². The van der Waals surface area contributed by atoms with Gasteiger partial charge in [0, 0.05) is 24.6 Å². The first kappa shape index (κ1) is 13.8. The van der Waals surface area contributed by atoms with Crippen LogP contribution in [-0.4, -0.2) is 9.97 Å². The summed E-state index contributed by atoms with van der Waals surface area (Å²) in [6.07, 6.45) is 0. The first-order valence-corrected chi connectivity index (χ1v) is 7.15. The van der Waals surface area contributed by atoms with Crippen LogP contribution in [0.2, 0.25) is 0 Å². The Bertz CT molecular complexity index is 635. The van der Waals surface area contributed by atoms with Crippen LogP contribution >= 0.6 is 0 Å². The molecule has 0 spiro atoms. The number of nitrogens with zero attached hydrogens (tertiary/aromatic N) is 3. The van der Waals surface area contributed by atoms with E-state index in [4.69, 9.17) is 10.8 Å². The second-order valence-corrected chi connectivity index (χ2v) is 6.45. The largest absolute Gasteiger partial charge is 0.348 e. The number of aromatic nitrogens is 2. The summed E-state index contributed by atoms with van der Waals surface area (Å²) in [5, 5.41) is 0. The van der Waals surface area contributed by atoms with Gasteiger partial charge in [-0.2, -0.15) is 0 Å². The van der Waals surface area contributed by atoms with Crippen molar-refractivity contribution in [2.45, 2.75) is 39.3 Å². The fourth-order valence-corrected chi connectivity index (χ4v) is 2.50. The maximum absolute atomic E-state index is 5.55. The van der Waals surface area contributed by atoms with Gasteiger partial charge in [-0.1, -0.05) is 45.0 Å². The minimum absolute atomic E-state index is 0.117. The molecule has 21 heavy (non-hydrogen) atoms. The molecule has 0 unspecified atom stereocenters. The molecular weight excluding hydrogens is 262 g/mol. The summed E-state index contributed by atoms with van der Waals surface area (Å²) in [5.74, 6) is 7.92. The first-order valence-electron chi connectivity index (χ1n) is 7.15. The molecule has 2 heterocycles. The second-order valence-electron chi connectivity index (χ2n) is 6.45. The Balaban J connectivity index is 1.97. The molecule has 0 saturated heterocycles. The van der Waals surface area contributed by atoms with Gasteiger partial charge >= 0.3 is 0 Å². The molecule has 5 heteroatoms. The summed E-state index contributed by atoms with van der Waals surface area (Å²) in [6.45, 7) is 8.06. The fourth-order valence-electron chi connectivity index (χ4n) is 2.50. The van der Waals surface area contributed by atoms with Crippen LogP contribution in [-0.2, 0) is 18.5 Å². The third-order valence-electron chi connectivity index (χ3n) is 3.70. The van der Waals surface area contributed by atoms with Crippen LogP contribution in [0.4, 0.5) is 11.6 Å². The molecule has 1 aliphatic rings. The van der Waals surface area contributed by atoms with Gasteiger partial charge in [-0.05, 0) is 11.1 Å². The summed E-state index contributed by atoms with van der Waals surface area (Å²) in [5.41, 5.74) is 5.24. The highest BCUT2D eigenvalue weighted by molar-refractivity contribution is 5.53. The molecule has 3 N–H and O–H groups in total. The van der Waals surface area contributed by atoms with E-state index in [1.807, 2.05) is 6.07 Å². The van der Waals surface area contributed by atoms with Crippen LogP contribution in [0.15, 0.2) is 30.3 Å². The van der Waals surface area contributed by atoms with Gasteiger partial charge in [-0.15, -0.1) is 0 Å². The maximum atomic E-state index is 5.55. The molecule has 110 valence electrons. The average Bonchev–Trinajstić information content (AvgIpc) is 2.89. The Hall–Kier alpha value is -2.14. The van der Waals surface area contributed by atoms with Gasteiger partial charge in [-0.3, -0.25) is 0 Å². The predicted octanol–water partition coefficient (Wildman–Crippen LogP) is 2.58. The lowest BCUT2D eigenvalue weighted by Crippen LogP contribution is -2.23. The van der Waals surface area contributed by atoms with Crippen LogP contribution < -0.4 is 16.2 Å². The number of hydrazine groups is 1. The van der Waals surface area contributed by atoms with Gasteiger partial charge in [0.15, 0.2) is 0 Å². The average molecular weight is 283 g/mol. The molecule has 0 fully saturated rings. The van der Waals surface area contributed by atoms with Crippen molar-refractivity contribution in [3.05, 3.63) is 47.3 Å². The molecule has 1 aromatic carbocycles. The quantitative estimate of drug-likeness (QED) is 0.655. The van der Waals surface area contributed by atoms with Gasteiger partial charge in [-0.25, -0.2) is 15.8 Å². The lowest BCUT2D eigenvalue weighted by atomic mass is 9.96. The lowest BCUT2D eigenvalue weighted by Gasteiger charge is -2.22. The van der Waals surface area contributed by atoms with Crippen molar-refractivity contribution in [1.29, 1.82) is 0 Å². The third kappa shape index (κ3) is 2.69. The van der Waals surface area contributed by atoms with Crippen molar-refractivity contribution >= 4 is 11.6 Å². The minimum Gasteiger partial charge on any atom is -0.348 e. The number of nitrogens with one attached hydrogen (secondary N) is 1. The van der Waals surface area contributed by atoms with E-state index in [1.165, 1.54) is 11.1 Å². The summed E-state index contributed by atoms with van der Waals surface area (Å²) in [4.78, 5) is 11.5. The molecule has 2 aromatic rings. The van der Waals surface area contributed by atoms with Crippen LogP contribution in [0.1, 0.15) is 37.7 Å². The summed E-state index contributed by atoms with van der Waals surface area (Å²) in [6, 6.07) is 10.4. The molecule has 0 bridgehead atoms. The number of anilines is 2. The van der Waals surface area contributed by atoms with Crippen LogP contribution in [0, 0.1) is 0 Å². The molecule has 1 aromatic heterocycles. The molecule has 0 radical (unpaired) electrons. The smallest absolute Gasteiger partial charge is 0.145 e. The number of hydrogen-bond donors (Lipinski definition) is 2. The molecular formula is C16H21N5. The van der Waals surface area contributed by atoms with Gasteiger partial charge in [0.25, 0.3) is 0 Å². The predicted molar refractivity (Wildman–Crippen MR) is 84.9 cm³/mol. The molecule has 0 aliphatic carbocycles. The van der Waals surface area contributed by atoms with Crippen molar-refractivity contribution in [3.8, 4) is 0 Å². The fraction of sp³-hybridized carbons (Fsp3) is 0.375.